The van der Waals surface area contributed by atoms with Gasteiger partial charge in [0, 0.05) is 16.5 Å². The van der Waals surface area contributed by atoms with Gasteiger partial charge < -0.3 is 4.52 Å². The standard InChI is InChI=1S/C20H19FN4O2S2/c1-10(2)25-19(26)16-11(3)12(4)29-18(16)23-20(25)28-9-15-22-17(24-27-15)13-5-7-14(21)8-6-13/h5-8,10H,9H2,1-4H3. The fraction of sp³-hybridized carbons (Fsp3) is 0.300. The molecule has 0 unspecified atom stereocenters. The van der Waals surface area contributed by atoms with E-state index in [-0.39, 0.29) is 17.4 Å². The first kappa shape index (κ1) is 19.8. The van der Waals surface area contributed by atoms with Gasteiger partial charge in [0.2, 0.25) is 11.7 Å². The van der Waals surface area contributed by atoms with E-state index in [9.17, 15) is 9.18 Å². The second kappa shape index (κ2) is 7.72. The van der Waals surface area contributed by atoms with Crippen molar-refractivity contribution in [1.29, 1.82) is 0 Å². The van der Waals surface area contributed by atoms with Crippen LogP contribution in [0.3, 0.4) is 0 Å². The van der Waals surface area contributed by atoms with E-state index in [0.717, 1.165) is 15.3 Å². The second-order valence-corrected chi connectivity index (χ2v) is 9.08. The van der Waals surface area contributed by atoms with E-state index in [2.05, 4.69) is 10.1 Å². The summed E-state index contributed by atoms with van der Waals surface area (Å²) in [5.74, 6) is 0.870. The molecule has 0 fully saturated rings. The molecule has 0 aliphatic heterocycles. The molecule has 150 valence electrons. The summed E-state index contributed by atoms with van der Waals surface area (Å²) in [6, 6.07) is 5.88. The van der Waals surface area contributed by atoms with E-state index in [1.807, 2.05) is 27.7 Å². The van der Waals surface area contributed by atoms with Gasteiger partial charge in [-0.1, -0.05) is 16.9 Å². The average molecular weight is 431 g/mol. The highest BCUT2D eigenvalue weighted by Crippen LogP contribution is 2.30. The minimum Gasteiger partial charge on any atom is -0.338 e. The number of fused-ring (bicyclic) bond motifs is 1. The summed E-state index contributed by atoms with van der Waals surface area (Å²) in [6.07, 6.45) is 0. The molecule has 0 saturated carbocycles. The van der Waals surface area contributed by atoms with Gasteiger partial charge in [0.25, 0.3) is 5.56 Å². The van der Waals surface area contributed by atoms with Crippen LogP contribution in [-0.2, 0) is 5.75 Å². The number of rotatable bonds is 5. The van der Waals surface area contributed by atoms with Gasteiger partial charge >= 0.3 is 0 Å². The molecular formula is C20H19FN4O2S2. The Labute approximate surface area is 174 Å². The van der Waals surface area contributed by atoms with Gasteiger partial charge in [-0.3, -0.25) is 9.36 Å². The highest BCUT2D eigenvalue weighted by Gasteiger charge is 2.19. The average Bonchev–Trinajstić information content (AvgIpc) is 3.25. The zero-order valence-electron chi connectivity index (χ0n) is 16.4. The number of aromatic nitrogens is 4. The van der Waals surface area contributed by atoms with Crippen LogP contribution in [0, 0.1) is 19.7 Å². The summed E-state index contributed by atoms with van der Waals surface area (Å²) in [6.45, 7) is 7.90. The van der Waals surface area contributed by atoms with Crippen molar-refractivity contribution in [3.63, 3.8) is 0 Å². The maximum atomic E-state index is 13.1. The van der Waals surface area contributed by atoms with Gasteiger partial charge in [-0.25, -0.2) is 9.37 Å². The molecule has 0 atom stereocenters. The molecule has 0 spiro atoms. The molecule has 4 aromatic rings. The van der Waals surface area contributed by atoms with Crippen molar-refractivity contribution < 1.29 is 8.91 Å². The second-order valence-electron chi connectivity index (χ2n) is 6.93. The van der Waals surface area contributed by atoms with Gasteiger partial charge in [-0.05, 0) is 57.5 Å². The first-order valence-electron chi connectivity index (χ1n) is 9.08. The fourth-order valence-electron chi connectivity index (χ4n) is 3.00. The van der Waals surface area contributed by atoms with Crippen LogP contribution in [-0.4, -0.2) is 19.7 Å². The summed E-state index contributed by atoms with van der Waals surface area (Å²) >= 11 is 2.92. The number of thiophene rings is 1. The Hall–Kier alpha value is -2.52. The maximum Gasteiger partial charge on any atom is 0.263 e. The first-order valence-corrected chi connectivity index (χ1v) is 10.9. The maximum absolute atomic E-state index is 13.1. The van der Waals surface area contributed by atoms with Crippen molar-refractivity contribution in [2.75, 3.05) is 0 Å². The molecule has 3 heterocycles. The Morgan fingerprint density at radius 1 is 1.21 bits per heavy atom. The summed E-state index contributed by atoms with van der Waals surface area (Å²) < 4.78 is 20.1. The molecule has 0 N–H and O–H groups in total. The molecule has 3 aromatic heterocycles. The summed E-state index contributed by atoms with van der Waals surface area (Å²) in [5.41, 5.74) is 1.65. The predicted molar refractivity (Wildman–Crippen MR) is 113 cm³/mol. The smallest absolute Gasteiger partial charge is 0.263 e. The normalized spacial score (nSPS) is 11.7. The molecule has 4 rings (SSSR count). The van der Waals surface area contributed by atoms with E-state index in [4.69, 9.17) is 9.51 Å². The van der Waals surface area contributed by atoms with Crippen molar-refractivity contribution in [3.8, 4) is 11.4 Å². The number of hydrogen-bond acceptors (Lipinski definition) is 7. The third kappa shape index (κ3) is 3.72. The summed E-state index contributed by atoms with van der Waals surface area (Å²) in [7, 11) is 0. The first-order chi connectivity index (χ1) is 13.8. The Morgan fingerprint density at radius 3 is 2.62 bits per heavy atom. The highest BCUT2D eigenvalue weighted by molar-refractivity contribution is 7.98. The lowest BCUT2D eigenvalue weighted by Gasteiger charge is -2.14. The van der Waals surface area contributed by atoms with Gasteiger partial charge in [0.1, 0.15) is 10.6 Å². The van der Waals surface area contributed by atoms with Crippen LogP contribution in [0.1, 0.15) is 36.2 Å². The molecule has 0 amide bonds. The van der Waals surface area contributed by atoms with Crippen LogP contribution >= 0.6 is 23.1 Å². The number of nitrogens with zero attached hydrogens (tertiary/aromatic N) is 4. The number of thioether (sulfide) groups is 1. The Balaban J connectivity index is 1.64. The Kier molecular flexibility index (Phi) is 5.26. The molecule has 0 bridgehead atoms. The minimum atomic E-state index is -0.319. The number of halogens is 1. The predicted octanol–water partition coefficient (Wildman–Crippen LogP) is 5.14. The van der Waals surface area contributed by atoms with Crippen molar-refractivity contribution in [3.05, 3.63) is 56.8 Å². The summed E-state index contributed by atoms with van der Waals surface area (Å²) in [4.78, 5) is 24.0. The van der Waals surface area contributed by atoms with Gasteiger partial charge in [0.15, 0.2) is 5.16 Å². The van der Waals surface area contributed by atoms with Crippen LogP contribution < -0.4 is 5.56 Å². The SMILES string of the molecule is Cc1sc2nc(SCc3nc(-c4ccc(F)cc4)no3)n(C(C)C)c(=O)c2c1C. The van der Waals surface area contributed by atoms with E-state index < -0.39 is 0 Å². The molecule has 1 aromatic carbocycles. The van der Waals surface area contributed by atoms with Crippen molar-refractivity contribution >= 4 is 33.3 Å². The third-order valence-corrected chi connectivity index (χ3v) is 6.65. The summed E-state index contributed by atoms with van der Waals surface area (Å²) in [5, 5.41) is 5.28. The molecule has 6 nitrogen and oxygen atoms in total. The topological polar surface area (TPSA) is 73.8 Å². The van der Waals surface area contributed by atoms with Crippen molar-refractivity contribution in [2.24, 2.45) is 0 Å². The molecule has 29 heavy (non-hydrogen) atoms. The van der Waals surface area contributed by atoms with Gasteiger partial charge in [-0.2, -0.15) is 4.98 Å². The minimum absolute atomic E-state index is 0.0214. The van der Waals surface area contributed by atoms with Crippen LogP contribution in [0.15, 0.2) is 38.7 Å². The van der Waals surface area contributed by atoms with Crippen LogP contribution in [0.5, 0.6) is 0 Å². The molecule has 0 aliphatic carbocycles. The van der Waals surface area contributed by atoms with Crippen LogP contribution in [0.25, 0.3) is 21.6 Å². The lowest BCUT2D eigenvalue weighted by Crippen LogP contribution is -2.24. The molecular weight excluding hydrogens is 411 g/mol. The molecule has 0 radical (unpaired) electrons. The molecule has 0 saturated heterocycles. The Morgan fingerprint density at radius 2 is 1.93 bits per heavy atom. The number of hydrogen-bond donors (Lipinski definition) is 0. The Bertz CT molecular complexity index is 1240. The number of benzene rings is 1. The van der Waals surface area contributed by atoms with Crippen molar-refractivity contribution in [2.45, 2.75) is 44.6 Å². The number of aryl methyl sites for hydroxylation is 2. The van der Waals surface area contributed by atoms with E-state index in [1.54, 1.807) is 16.7 Å². The zero-order chi connectivity index (χ0) is 20.7. The van der Waals surface area contributed by atoms with Gasteiger partial charge in [0.05, 0.1) is 11.1 Å². The quantitative estimate of drug-likeness (QED) is 0.322. The monoisotopic (exact) mass is 430 g/mol. The van der Waals surface area contributed by atoms with Crippen molar-refractivity contribution in [1.82, 2.24) is 19.7 Å². The highest BCUT2D eigenvalue weighted by atomic mass is 32.2. The van der Waals surface area contributed by atoms with E-state index >= 15 is 0 Å². The van der Waals surface area contributed by atoms with Crippen LogP contribution in [0.4, 0.5) is 4.39 Å². The fourth-order valence-corrected chi connectivity index (χ4v) is 5.04. The van der Waals surface area contributed by atoms with E-state index in [1.165, 1.54) is 35.2 Å². The molecule has 9 heteroatoms. The molecule has 0 aliphatic rings. The van der Waals surface area contributed by atoms with Crippen LogP contribution in [0.2, 0.25) is 0 Å². The van der Waals surface area contributed by atoms with Gasteiger partial charge in [-0.15, -0.1) is 11.3 Å². The zero-order valence-corrected chi connectivity index (χ0v) is 18.0. The lowest BCUT2D eigenvalue weighted by atomic mass is 10.2. The third-order valence-electron chi connectivity index (χ3n) is 4.61. The largest absolute Gasteiger partial charge is 0.338 e. The van der Waals surface area contributed by atoms with E-state index in [0.29, 0.717) is 33.6 Å². The lowest BCUT2D eigenvalue weighted by molar-refractivity contribution is 0.391.